The Morgan fingerprint density at radius 2 is 1.10 bits per heavy atom. The summed E-state index contributed by atoms with van der Waals surface area (Å²) >= 11 is -9.96. The molecule has 0 saturated heterocycles. The summed E-state index contributed by atoms with van der Waals surface area (Å²) in [5, 5.41) is 0. The molecule has 0 rings (SSSR count). The molecule has 0 fully saturated rings. The second-order valence-electron chi connectivity index (χ2n) is 0.632. The molecule has 0 saturated carbocycles. The molecule has 58 valence electrons. The summed E-state index contributed by atoms with van der Waals surface area (Å²) in [6.07, 6.45) is 0. The third kappa shape index (κ3) is 410. The van der Waals surface area contributed by atoms with E-state index in [0.717, 1.165) is 0 Å². The van der Waals surface area contributed by atoms with Crippen LogP contribution in [0.1, 0.15) is 0 Å². The maximum atomic E-state index is 8.63. The van der Waals surface area contributed by atoms with Gasteiger partial charge < -0.3 is 0 Å². The van der Waals surface area contributed by atoms with Crippen molar-refractivity contribution in [3.63, 3.8) is 0 Å². The van der Waals surface area contributed by atoms with Crippen LogP contribution in [0.15, 0.2) is 0 Å². The molecule has 0 unspecified atom stereocenters. The molecule has 0 aliphatic rings. The van der Waals surface area contributed by atoms with Crippen molar-refractivity contribution in [2.45, 2.75) is 0 Å². The molecule has 0 aliphatic heterocycles. The van der Waals surface area contributed by atoms with Crippen LogP contribution in [-0.2, 0) is 46.3 Å². The van der Waals surface area contributed by atoms with Crippen LogP contribution < -0.4 is 11.6 Å². The molecule has 0 amide bonds. The van der Waals surface area contributed by atoms with Crippen molar-refractivity contribution in [1.82, 2.24) is 0 Å². The molecule has 0 aromatic heterocycles. The van der Waals surface area contributed by atoms with Crippen LogP contribution in [0.4, 0.5) is 0 Å². The van der Waals surface area contributed by atoms with E-state index < -0.39 is 32.1 Å². The Bertz CT molecular complexity index is 194. The van der Waals surface area contributed by atoms with E-state index in [2.05, 4.69) is 0 Å². The third-order valence-corrected chi connectivity index (χ3v) is 0. The first-order valence-corrected chi connectivity index (χ1v) is 6.20. The Kier molecular flexibility index (Phi) is 14.5. The summed E-state index contributed by atoms with van der Waals surface area (Å²) in [4.78, 5) is 0. The van der Waals surface area contributed by atoms with Crippen LogP contribution in [0.2, 0.25) is 0 Å². The molecule has 0 atom stereocenters. The van der Waals surface area contributed by atoms with E-state index in [-0.39, 0.29) is 26.2 Å². The van der Waals surface area contributed by atoms with Crippen LogP contribution in [0.25, 0.3) is 0 Å². The molecule has 0 aromatic rings. The molecule has 0 aromatic carbocycles. The fraction of sp³-hybridized carbons (Fsp3) is 0. The molecular formula is BiMoO7V. The van der Waals surface area contributed by atoms with Crippen LogP contribution >= 0.6 is 0 Å². The van der Waals surface area contributed by atoms with Gasteiger partial charge >= 0.3 is 84.0 Å². The number of rotatable bonds is 0. The quantitative estimate of drug-likeness (QED) is 0.328. The van der Waals surface area contributed by atoms with E-state index >= 15 is 0 Å². The fourth-order valence-electron chi connectivity index (χ4n) is 0. The number of hydrogen-bond donors (Lipinski definition) is 0. The first kappa shape index (κ1) is 17.4. The minimum atomic E-state index is -6.02. The van der Waals surface area contributed by atoms with E-state index in [1.54, 1.807) is 0 Å². The van der Waals surface area contributed by atoms with Gasteiger partial charge in [0.05, 0.1) is 0 Å². The summed E-state index contributed by atoms with van der Waals surface area (Å²) in [5.41, 5.74) is 0. The zero-order valence-corrected chi connectivity index (χ0v) is 11.0. The maximum absolute atomic E-state index is 8.63. The molecule has 0 heterocycles. The van der Waals surface area contributed by atoms with Gasteiger partial charge in [-0.25, -0.2) is 0 Å². The minimum absolute atomic E-state index is 0. The first-order valence-electron chi connectivity index (χ1n) is 1.21. The molecule has 0 bridgehead atoms. The Morgan fingerprint density at radius 1 is 1.10 bits per heavy atom. The molecule has 0 aliphatic carbocycles. The summed E-state index contributed by atoms with van der Waals surface area (Å²) in [5.74, 6) is 0. The predicted octanol–water partition coefficient (Wildman–Crippen LogP) is -4.43. The van der Waals surface area contributed by atoms with Gasteiger partial charge in [-0.1, -0.05) is 0 Å². The van der Waals surface area contributed by atoms with Crippen LogP contribution in [-0.4, -0.2) is 26.2 Å². The molecular weight excluding hydrogens is 468 g/mol. The molecule has 7 nitrogen and oxygen atoms in total. The van der Waals surface area contributed by atoms with Crippen molar-refractivity contribution in [2.24, 2.45) is 0 Å². The van der Waals surface area contributed by atoms with Crippen molar-refractivity contribution >= 4 is 26.2 Å². The van der Waals surface area contributed by atoms with Crippen LogP contribution in [0, 0.1) is 0 Å². The summed E-state index contributed by atoms with van der Waals surface area (Å²) in [6, 6.07) is 0. The van der Waals surface area contributed by atoms with Gasteiger partial charge in [-0.05, 0) is 0 Å². The van der Waals surface area contributed by atoms with E-state index in [4.69, 9.17) is 25.7 Å². The van der Waals surface area contributed by atoms with Gasteiger partial charge in [0, 0.05) is 0 Å². The van der Waals surface area contributed by atoms with Crippen LogP contribution in [0.3, 0.4) is 0 Å². The Morgan fingerprint density at radius 3 is 1.10 bits per heavy atom. The first-order chi connectivity index (χ1) is 3.73. The predicted molar refractivity (Wildman–Crippen MR) is 8.50 cm³/mol. The van der Waals surface area contributed by atoms with E-state index in [1.165, 1.54) is 0 Å². The molecule has 0 N–H and O–H groups in total. The van der Waals surface area contributed by atoms with Gasteiger partial charge in [0.1, 0.15) is 0 Å². The van der Waals surface area contributed by atoms with Crippen LogP contribution in [0.5, 0.6) is 0 Å². The van der Waals surface area contributed by atoms with Crippen molar-refractivity contribution in [3.8, 4) is 0 Å². The third-order valence-electron chi connectivity index (χ3n) is 0. The molecule has 10 heavy (non-hydrogen) atoms. The monoisotopic (exact) mass is 470 g/mol. The zero-order chi connectivity index (χ0) is 8.08. The van der Waals surface area contributed by atoms with Crippen molar-refractivity contribution < 1.29 is 57.8 Å². The van der Waals surface area contributed by atoms with Gasteiger partial charge in [-0.15, -0.1) is 0 Å². The molecule has 2 radical (unpaired) electrons. The second kappa shape index (κ2) is 8.33. The average Bonchev–Trinajstić information content (AvgIpc) is 1.19. The second-order valence-corrected chi connectivity index (χ2v) is 3.34. The van der Waals surface area contributed by atoms with E-state index in [0.29, 0.717) is 0 Å². The molecule has 0 spiro atoms. The van der Waals surface area contributed by atoms with Gasteiger partial charge in [0.25, 0.3) is 0 Å². The SMILES string of the molecule is [Bi+3].[O]=[Mo](=[O])([O-])[O-].[O]=[V](=[O])[O-]. The topological polar surface area (TPSA) is 137 Å². The van der Waals surface area contributed by atoms with Gasteiger partial charge in [-0.3, -0.25) is 0 Å². The zero-order valence-electron chi connectivity index (χ0n) is 4.16. The standard InChI is InChI=1S/Bi.Mo.7O.V/q+3;;;;;;3*-1;. The fourth-order valence-corrected chi connectivity index (χ4v) is 0. The Hall–Kier alpha value is 1.24. The Labute approximate surface area is 83.3 Å². The summed E-state index contributed by atoms with van der Waals surface area (Å²) in [6.45, 7) is 0. The van der Waals surface area contributed by atoms with E-state index in [1.807, 2.05) is 0 Å². The van der Waals surface area contributed by atoms with E-state index in [9.17, 15) is 0 Å². The average molecular weight is 468 g/mol. The van der Waals surface area contributed by atoms with Gasteiger partial charge in [-0.2, -0.15) is 0 Å². The number of hydrogen-bond acceptors (Lipinski definition) is 7. The van der Waals surface area contributed by atoms with Crippen molar-refractivity contribution in [1.29, 1.82) is 0 Å². The summed E-state index contributed by atoms with van der Waals surface area (Å²) < 4.78 is 60.2. The summed E-state index contributed by atoms with van der Waals surface area (Å²) in [7, 11) is 0. The van der Waals surface area contributed by atoms with Crippen molar-refractivity contribution in [2.75, 3.05) is 0 Å². The van der Waals surface area contributed by atoms with Gasteiger partial charge in [0.2, 0.25) is 0 Å². The van der Waals surface area contributed by atoms with Gasteiger partial charge in [0.15, 0.2) is 0 Å². The Balaban J connectivity index is -0.0000000910. The normalized spacial score (nSPS) is 8.30. The molecule has 10 heteroatoms. The van der Waals surface area contributed by atoms with Crippen molar-refractivity contribution in [3.05, 3.63) is 0 Å².